The summed E-state index contributed by atoms with van der Waals surface area (Å²) < 4.78 is 24.5. The Morgan fingerprint density at radius 2 is 1.43 bits per heavy atom. The number of rotatable bonds is 3. The second-order valence-electron chi connectivity index (χ2n) is 3.74. The highest BCUT2D eigenvalue weighted by Crippen LogP contribution is 2.23. The van der Waals surface area contributed by atoms with Gasteiger partial charge in [0.2, 0.25) is 0 Å². The lowest BCUT2D eigenvalue weighted by Crippen LogP contribution is -2.16. The topological polar surface area (TPSA) is 26.0 Å². The van der Waals surface area contributed by atoms with Crippen molar-refractivity contribution in [3.05, 3.63) is 35.4 Å². The molecule has 3 heteroatoms. The molecule has 1 rings (SSSR count). The highest BCUT2D eigenvalue weighted by atomic mass is 19.3. The largest absolute Gasteiger partial charge is 0.324 e. The smallest absolute Gasteiger partial charge is 0.263 e. The van der Waals surface area contributed by atoms with Gasteiger partial charge in [0.25, 0.3) is 6.43 Å². The van der Waals surface area contributed by atoms with Crippen LogP contribution in [0.1, 0.15) is 37.4 Å². The second kappa shape index (κ2) is 4.51. The van der Waals surface area contributed by atoms with Gasteiger partial charge in [-0.15, -0.1) is 0 Å². The third-order valence-corrected chi connectivity index (χ3v) is 2.29. The Labute approximate surface area is 82.9 Å². The Morgan fingerprint density at radius 3 is 1.79 bits per heavy atom. The van der Waals surface area contributed by atoms with Crippen LogP contribution in [0, 0.1) is 5.92 Å². The summed E-state index contributed by atoms with van der Waals surface area (Å²) in [6.45, 7) is 4.01. The molecular weight excluding hydrogens is 184 g/mol. The minimum absolute atomic E-state index is 0.0460. The maximum atomic E-state index is 12.2. The van der Waals surface area contributed by atoms with Crippen LogP contribution in [0.4, 0.5) is 8.78 Å². The van der Waals surface area contributed by atoms with Crippen LogP contribution in [0.2, 0.25) is 0 Å². The molecule has 0 bridgehead atoms. The zero-order valence-electron chi connectivity index (χ0n) is 8.37. The summed E-state index contributed by atoms with van der Waals surface area (Å²) in [6, 6.07) is 6.13. The van der Waals surface area contributed by atoms with Crippen molar-refractivity contribution < 1.29 is 8.78 Å². The van der Waals surface area contributed by atoms with Gasteiger partial charge in [0, 0.05) is 11.6 Å². The second-order valence-corrected chi connectivity index (χ2v) is 3.74. The van der Waals surface area contributed by atoms with Gasteiger partial charge in [-0.2, -0.15) is 0 Å². The molecule has 0 heterocycles. The van der Waals surface area contributed by atoms with Gasteiger partial charge in [0.15, 0.2) is 0 Å². The van der Waals surface area contributed by atoms with Crippen LogP contribution in [0.15, 0.2) is 24.3 Å². The fraction of sp³-hybridized carbons (Fsp3) is 0.455. The molecular formula is C11H15F2N. The molecule has 1 atom stereocenters. The monoisotopic (exact) mass is 199 g/mol. The van der Waals surface area contributed by atoms with E-state index in [0.29, 0.717) is 5.92 Å². The number of nitrogens with two attached hydrogens (primary N) is 1. The molecule has 0 aliphatic carbocycles. The Kier molecular flexibility index (Phi) is 3.58. The zero-order valence-corrected chi connectivity index (χ0v) is 8.37. The number of alkyl halides is 2. The summed E-state index contributed by atoms with van der Waals surface area (Å²) in [5, 5.41) is 0. The van der Waals surface area contributed by atoms with Crippen LogP contribution in [0.25, 0.3) is 0 Å². The molecule has 0 spiro atoms. The first-order valence-electron chi connectivity index (χ1n) is 4.66. The minimum Gasteiger partial charge on any atom is -0.324 e. The van der Waals surface area contributed by atoms with E-state index in [1.54, 1.807) is 12.1 Å². The molecule has 0 unspecified atom stereocenters. The summed E-state index contributed by atoms with van der Waals surface area (Å²) in [5.74, 6) is 0.312. The molecule has 0 aromatic heterocycles. The van der Waals surface area contributed by atoms with Gasteiger partial charge in [0.1, 0.15) is 0 Å². The number of hydrogen-bond donors (Lipinski definition) is 1. The fourth-order valence-electron chi connectivity index (χ4n) is 1.25. The van der Waals surface area contributed by atoms with Crippen molar-refractivity contribution in [2.45, 2.75) is 26.3 Å². The van der Waals surface area contributed by atoms with Crippen molar-refractivity contribution in [1.82, 2.24) is 0 Å². The Balaban J connectivity index is 2.83. The number of halogens is 2. The standard InChI is InChI=1S/C11H15F2N/c1-7(2)10(14)8-3-5-9(6-4-8)11(12)13/h3-7,10-11H,14H2,1-2H3/t10-/m0/s1. The van der Waals surface area contributed by atoms with Crippen molar-refractivity contribution in [3.8, 4) is 0 Å². The molecule has 14 heavy (non-hydrogen) atoms. The molecule has 0 saturated heterocycles. The van der Waals surface area contributed by atoms with Crippen LogP contribution < -0.4 is 5.73 Å². The molecule has 1 aromatic carbocycles. The zero-order chi connectivity index (χ0) is 10.7. The normalized spacial score (nSPS) is 13.6. The SMILES string of the molecule is CC(C)[C@H](N)c1ccc(C(F)F)cc1. The van der Waals surface area contributed by atoms with Crippen LogP contribution >= 0.6 is 0 Å². The van der Waals surface area contributed by atoms with Crippen LogP contribution in [-0.2, 0) is 0 Å². The van der Waals surface area contributed by atoms with Crippen molar-refractivity contribution >= 4 is 0 Å². The van der Waals surface area contributed by atoms with Crippen molar-refractivity contribution in [3.63, 3.8) is 0 Å². The molecule has 2 N–H and O–H groups in total. The summed E-state index contributed by atoms with van der Waals surface area (Å²) >= 11 is 0. The molecule has 0 aliphatic heterocycles. The van der Waals surface area contributed by atoms with E-state index in [-0.39, 0.29) is 11.6 Å². The predicted octanol–water partition coefficient (Wildman–Crippen LogP) is 3.28. The van der Waals surface area contributed by atoms with E-state index in [0.717, 1.165) is 5.56 Å². The molecule has 1 nitrogen and oxygen atoms in total. The van der Waals surface area contributed by atoms with Gasteiger partial charge in [-0.05, 0) is 11.5 Å². The maximum absolute atomic E-state index is 12.2. The lowest BCUT2D eigenvalue weighted by molar-refractivity contribution is 0.151. The van der Waals surface area contributed by atoms with Gasteiger partial charge in [0.05, 0.1) is 0 Å². The molecule has 1 aromatic rings. The predicted molar refractivity (Wildman–Crippen MR) is 53.2 cm³/mol. The molecule has 78 valence electrons. The maximum Gasteiger partial charge on any atom is 0.263 e. The van der Waals surface area contributed by atoms with Crippen LogP contribution in [0.5, 0.6) is 0 Å². The van der Waals surface area contributed by atoms with Crippen molar-refractivity contribution in [1.29, 1.82) is 0 Å². The van der Waals surface area contributed by atoms with Crippen LogP contribution in [-0.4, -0.2) is 0 Å². The van der Waals surface area contributed by atoms with Gasteiger partial charge < -0.3 is 5.73 Å². The van der Waals surface area contributed by atoms with Gasteiger partial charge >= 0.3 is 0 Å². The Bertz CT molecular complexity index is 280. The third-order valence-electron chi connectivity index (χ3n) is 2.29. The van der Waals surface area contributed by atoms with Crippen molar-refractivity contribution in [2.24, 2.45) is 11.7 Å². The number of hydrogen-bond acceptors (Lipinski definition) is 1. The first-order chi connectivity index (χ1) is 6.52. The van der Waals surface area contributed by atoms with Crippen molar-refractivity contribution in [2.75, 3.05) is 0 Å². The highest BCUT2D eigenvalue weighted by Gasteiger charge is 2.11. The minimum atomic E-state index is -2.40. The lowest BCUT2D eigenvalue weighted by Gasteiger charge is -2.16. The van der Waals surface area contributed by atoms with E-state index in [4.69, 9.17) is 5.73 Å². The van der Waals surface area contributed by atoms with E-state index in [1.165, 1.54) is 12.1 Å². The van der Waals surface area contributed by atoms with E-state index >= 15 is 0 Å². The summed E-state index contributed by atoms with van der Waals surface area (Å²) in [5.41, 5.74) is 6.83. The van der Waals surface area contributed by atoms with Gasteiger partial charge in [-0.25, -0.2) is 8.78 Å². The molecule has 0 aliphatic rings. The first kappa shape index (κ1) is 11.1. The molecule has 0 radical (unpaired) electrons. The summed E-state index contributed by atoms with van der Waals surface area (Å²) in [4.78, 5) is 0. The fourth-order valence-corrected chi connectivity index (χ4v) is 1.25. The average Bonchev–Trinajstić information content (AvgIpc) is 2.16. The van der Waals surface area contributed by atoms with Gasteiger partial charge in [-0.1, -0.05) is 38.1 Å². The van der Waals surface area contributed by atoms with E-state index in [9.17, 15) is 8.78 Å². The van der Waals surface area contributed by atoms with E-state index < -0.39 is 6.43 Å². The molecule has 0 fully saturated rings. The van der Waals surface area contributed by atoms with E-state index in [2.05, 4.69) is 0 Å². The van der Waals surface area contributed by atoms with Gasteiger partial charge in [-0.3, -0.25) is 0 Å². The van der Waals surface area contributed by atoms with E-state index in [1.807, 2.05) is 13.8 Å². The lowest BCUT2D eigenvalue weighted by atomic mass is 9.96. The Morgan fingerprint density at radius 1 is 1.00 bits per heavy atom. The summed E-state index contributed by atoms with van der Waals surface area (Å²) in [6.07, 6.45) is -2.40. The molecule has 0 amide bonds. The average molecular weight is 199 g/mol. The number of benzene rings is 1. The molecule has 0 saturated carbocycles. The first-order valence-corrected chi connectivity index (χ1v) is 4.66. The summed E-state index contributed by atoms with van der Waals surface area (Å²) in [7, 11) is 0. The van der Waals surface area contributed by atoms with Crippen LogP contribution in [0.3, 0.4) is 0 Å². The Hall–Kier alpha value is -0.960. The third kappa shape index (κ3) is 2.51. The quantitative estimate of drug-likeness (QED) is 0.794. The highest BCUT2D eigenvalue weighted by molar-refractivity contribution is 5.25.